The summed E-state index contributed by atoms with van der Waals surface area (Å²) in [5.41, 5.74) is 1.44. The monoisotopic (exact) mass is 235 g/mol. The lowest BCUT2D eigenvalue weighted by Crippen LogP contribution is -2.29. The molecule has 2 unspecified atom stereocenters. The minimum atomic E-state index is 0.592. The Morgan fingerprint density at radius 3 is 2.94 bits per heavy atom. The van der Waals surface area contributed by atoms with Crippen molar-refractivity contribution in [2.75, 3.05) is 6.54 Å². The van der Waals surface area contributed by atoms with Crippen LogP contribution in [0.1, 0.15) is 51.5 Å². The summed E-state index contributed by atoms with van der Waals surface area (Å²) >= 11 is 0. The molecule has 1 aliphatic carbocycles. The average Bonchev–Trinajstić information content (AvgIpc) is 2.94. The molecule has 0 radical (unpaired) electrons. The number of nitrogens with one attached hydrogen (secondary N) is 1. The van der Waals surface area contributed by atoms with Gasteiger partial charge in [0, 0.05) is 18.8 Å². The van der Waals surface area contributed by atoms with E-state index in [0.717, 1.165) is 24.9 Å². The molecule has 1 N–H and O–H groups in total. The minimum Gasteiger partial charge on any atom is -0.314 e. The first kappa shape index (κ1) is 12.6. The van der Waals surface area contributed by atoms with Gasteiger partial charge in [0.1, 0.15) is 0 Å². The number of aryl methyl sites for hydroxylation is 1. The maximum atomic E-state index is 4.41. The Hall–Kier alpha value is -0.830. The molecule has 1 aromatic rings. The predicted molar refractivity (Wildman–Crippen MR) is 71.1 cm³/mol. The molecular formula is C14H25N3. The van der Waals surface area contributed by atoms with Crippen molar-refractivity contribution in [1.29, 1.82) is 0 Å². The number of nitrogens with zero attached hydrogens (tertiary/aromatic N) is 2. The maximum absolute atomic E-state index is 4.41. The molecule has 3 nitrogen and oxygen atoms in total. The first-order valence-corrected chi connectivity index (χ1v) is 6.96. The molecule has 2 rings (SSSR count). The van der Waals surface area contributed by atoms with E-state index in [1.54, 1.807) is 0 Å². The predicted octanol–water partition coefficient (Wildman–Crippen LogP) is 2.78. The van der Waals surface area contributed by atoms with E-state index in [-0.39, 0.29) is 0 Å². The molecule has 0 aromatic carbocycles. The molecule has 0 saturated heterocycles. The van der Waals surface area contributed by atoms with E-state index in [4.69, 9.17) is 0 Å². The van der Waals surface area contributed by atoms with Crippen LogP contribution in [-0.4, -0.2) is 22.4 Å². The second kappa shape index (κ2) is 5.67. The summed E-state index contributed by atoms with van der Waals surface area (Å²) in [7, 11) is 0. The zero-order valence-electron chi connectivity index (χ0n) is 11.3. The third kappa shape index (κ3) is 3.09. The second-order valence-corrected chi connectivity index (χ2v) is 5.49. The van der Waals surface area contributed by atoms with Crippen LogP contribution in [0, 0.1) is 5.92 Å². The lowest BCUT2D eigenvalue weighted by atomic mass is 9.91. The maximum Gasteiger partial charge on any atom is 0.0524 e. The summed E-state index contributed by atoms with van der Waals surface area (Å²) < 4.78 is 2.04. The Bertz CT molecular complexity index is 343. The molecule has 1 aromatic heterocycles. The summed E-state index contributed by atoms with van der Waals surface area (Å²) in [6, 6.07) is 0.592. The van der Waals surface area contributed by atoms with Gasteiger partial charge in [0.15, 0.2) is 0 Å². The molecular weight excluding hydrogens is 210 g/mol. The Morgan fingerprint density at radius 2 is 2.29 bits per heavy atom. The van der Waals surface area contributed by atoms with Crippen LogP contribution in [0.2, 0.25) is 0 Å². The standard InChI is InChI=1S/C14H25N3/c1-4-17-10-13(9-16-17)14-7-5-6-12(14)8-15-11(2)3/h9-12,14-15H,4-8H2,1-3H3. The zero-order valence-corrected chi connectivity index (χ0v) is 11.3. The largest absolute Gasteiger partial charge is 0.314 e. The quantitative estimate of drug-likeness (QED) is 0.850. The van der Waals surface area contributed by atoms with Crippen LogP contribution in [0.3, 0.4) is 0 Å². The van der Waals surface area contributed by atoms with Crippen LogP contribution in [-0.2, 0) is 6.54 Å². The Kier molecular flexibility index (Phi) is 4.21. The van der Waals surface area contributed by atoms with Crippen molar-refractivity contribution in [3.63, 3.8) is 0 Å². The molecule has 1 fully saturated rings. The van der Waals surface area contributed by atoms with Crippen LogP contribution in [0.15, 0.2) is 12.4 Å². The fourth-order valence-electron chi connectivity index (χ4n) is 2.85. The Morgan fingerprint density at radius 1 is 1.47 bits per heavy atom. The Labute approximate surface area is 105 Å². The van der Waals surface area contributed by atoms with Gasteiger partial charge >= 0.3 is 0 Å². The van der Waals surface area contributed by atoms with Crippen molar-refractivity contribution < 1.29 is 0 Å². The second-order valence-electron chi connectivity index (χ2n) is 5.49. The fraction of sp³-hybridized carbons (Fsp3) is 0.786. The number of hydrogen-bond donors (Lipinski definition) is 1. The summed E-state index contributed by atoms with van der Waals surface area (Å²) in [4.78, 5) is 0. The summed E-state index contributed by atoms with van der Waals surface area (Å²) in [6.45, 7) is 8.71. The SMILES string of the molecule is CCn1cc(C2CCCC2CNC(C)C)cn1. The van der Waals surface area contributed by atoms with Gasteiger partial charge in [-0.05, 0) is 43.7 Å². The van der Waals surface area contributed by atoms with Crippen LogP contribution in [0.4, 0.5) is 0 Å². The molecule has 0 aliphatic heterocycles. The highest BCUT2D eigenvalue weighted by Gasteiger charge is 2.29. The molecule has 1 aliphatic rings. The summed E-state index contributed by atoms with van der Waals surface area (Å²) in [5, 5.41) is 7.99. The molecule has 3 heteroatoms. The molecule has 0 bridgehead atoms. The Balaban J connectivity index is 1.98. The zero-order chi connectivity index (χ0) is 12.3. The van der Waals surface area contributed by atoms with E-state index in [0.29, 0.717) is 6.04 Å². The van der Waals surface area contributed by atoms with Crippen molar-refractivity contribution in [1.82, 2.24) is 15.1 Å². The van der Waals surface area contributed by atoms with Gasteiger partial charge in [-0.3, -0.25) is 4.68 Å². The fourth-order valence-corrected chi connectivity index (χ4v) is 2.85. The van der Waals surface area contributed by atoms with Crippen LogP contribution >= 0.6 is 0 Å². The van der Waals surface area contributed by atoms with Gasteiger partial charge in [0.25, 0.3) is 0 Å². The van der Waals surface area contributed by atoms with Crippen molar-refractivity contribution in [2.24, 2.45) is 5.92 Å². The lowest BCUT2D eigenvalue weighted by Gasteiger charge is -2.20. The molecule has 1 heterocycles. The van der Waals surface area contributed by atoms with Crippen molar-refractivity contribution >= 4 is 0 Å². The van der Waals surface area contributed by atoms with E-state index >= 15 is 0 Å². The molecule has 2 atom stereocenters. The highest BCUT2D eigenvalue weighted by atomic mass is 15.3. The summed E-state index contributed by atoms with van der Waals surface area (Å²) in [5.74, 6) is 1.52. The number of hydrogen-bond acceptors (Lipinski definition) is 2. The number of rotatable bonds is 5. The first-order valence-electron chi connectivity index (χ1n) is 6.96. The molecule has 1 saturated carbocycles. The molecule has 0 spiro atoms. The van der Waals surface area contributed by atoms with Crippen LogP contribution in [0.5, 0.6) is 0 Å². The van der Waals surface area contributed by atoms with Crippen LogP contribution in [0.25, 0.3) is 0 Å². The van der Waals surface area contributed by atoms with E-state index in [1.807, 2.05) is 4.68 Å². The third-order valence-electron chi connectivity index (χ3n) is 3.85. The van der Waals surface area contributed by atoms with Crippen molar-refractivity contribution in [3.05, 3.63) is 18.0 Å². The smallest absolute Gasteiger partial charge is 0.0524 e. The van der Waals surface area contributed by atoms with Gasteiger partial charge in [-0.1, -0.05) is 20.3 Å². The average molecular weight is 235 g/mol. The van der Waals surface area contributed by atoms with Gasteiger partial charge < -0.3 is 5.32 Å². The molecule has 17 heavy (non-hydrogen) atoms. The van der Waals surface area contributed by atoms with Gasteiger partial charge in [-0.25, -0.2) is 0 Å². The topological polar surface area (TPSA) is 29.9 Å². The minimum absolute atomic E-state index is 0.592. The summed E-state index contributed by atoms with van der Waals surface area (Å²) in [6.07, 6.45) is 8.37. The van der Waals surface area contributed by atoms with Gasteiger partial charge in [-0.15, -0.1) is 0 Å². The van der Waals surface area contributed by atoms with Gasteiger partial charge in [0.05, 0.1) is 6.20 Å². The van der Waals surface area contributed by atoms with Crippen molar-refractivity contribution in [3.8, 4) is 0 Å². The molecule has 0 amide bonds. The first-order chi connectivity index (χ1) is 8.20. The third-order valence-corrected chi connectivity index (χ3v) is 3.85. The van der Waals surface area contributed by atoms with Gasteiger partial charge in [-0.2, -0.15) is 5.10 Å². The van der Waals surface area contributed by atoms with E-state index in [9.17, 15) is 0 Å². The number of aromatic nitrogens is 2. The highest BCUT2D eigenvalue weighted by molar-refractivity contribution is 5.14. The lowest BCUT2D eigenvalue weighted by molar-refractivity contribution is 0.422. The van der Waals surface area contributed by atoms with E-state index in [2.05, 4.69) is 43.6 Å². The van der Waals surface area contributed by atoms with E-state index in [1.165, 1.54) is 24.8 Å². The van der Waals surface area contributed by atoms with E-state index < -0.39 is 0 Å². The van der Waals surface area contributed by atoms with Crippen molar-refractivity contribution in [2.45, 2.75) is 58.5 Å². The van der Waals surface area contributed by atoms with Crippen LogP contribution < -0.4 is 5.32 Å². The normalized spacial score (nSPS) is 24.7. The molecule has 96 valence electrons. The van der Waals surface area contributed by atoms with Gasteiger partial charge in [0.2, 0.25) is 0 Å². The highest BCUT2D eigenvalue weighted by Crippen LogP contribution is 2.39.